The van der Waals surface area contributed by atoms with Crippen LogP contribution >= 0.6 is 23.8 Å². The average molecular weight is 269 g/mol. The molecule has 1 aromatic rings. The van der Waals surface area contributed by atoms with Crippen molar-refractivity contribution in [2.75, 3.05) is 13.1 Å². The van der Waals surface area contributed by atoms with E-state index in [-0.39, 0.29) is 11.0 Å². The molecule has 4 nitrogen and oxygen atoms in total. The predicted molar refractivity (Wildman–Crippen MR) is 67.9 cm³/mol. The largest absolute Gasteiger partial charge is 0.290 e. The third-order valence-corrected chi connectivity index (χ3v) is 3.21. The third-order valence-electron chi connectivity index (χ3n) is 2.50. The van der Waals surface area contributed by atoms with Gasteiger partial charge in [-0.2, -0.15) is 0 Å². The number of thiocarbonyl (C=S) groups is 1. The van der Waals surface area contributed by atoms with E-state index in [0.717, 1.165) is 0 Å². The third kappa shape index (κ3) is 2.30. The topological polar surface area (TPSA) is 40.6 Å². The van der Waals surface area contributed by atoms with Gasteiger partial charge in [0.05, 0.1) is 0 Å². The molecule has 0 bridgehead atoms. The second-order valence-electron chi connectivity index (χ2n) is 3.55. The zero-order chi connectivity index (χ0) is 12.4. The van der Waals surface area contributed by atoms with Gasteiger partial charge in [-0.1, -0.05) is 11.6 Å². The lowest BCUT2D eigenvalue weighted by Crippen LogP contribution is -2.35. The fourth-order valence-electron chi connectivity index (χ4n) is 1.59. The van der Waals surface area contributed by atoms with Crippen LogP contribution < -0.4 is 0 Å². The number of halogens is 1. The molecule has 1 aliphatic rings. The molecule has 1 fully saturated rings. The Bertz CT molecular complexity index is 475. The molecular formula is C11H9ClN2O2S. The van der Waals surface area contributed by atoms with Gasteiger partial charge in [0.25, 0.3) is 5.91 Å². The minimum atomic E-state index is -0.212. The number of carbonyl (C=O) groups excluding carboxylic acids is 2. The lowest BCUT2D eigenvalue weighted by atomic mass is 10.2. The summed E-state index contributed by atoms with van der Waals surface area (Å²) in [5.41, 5.74) is 0.504. The predicted octanol–water partition coefficient (Wildman–Crippen LogP) is 1.54. The molecule has 0 aliphatic carbocycles. The van der Waals surface area contributed by atoms with Crippen LogP contribution in [0.2, 0.25) is 5.02 Å². The number of carbonyl (C=O) groups is 2. The van der Waals surface area contributed by atoms with Crippen LogP contribution in [0, 0.1) is 0 Å². The van der Waals surface area contributed by atoms with E-state index in [9.17, 15) is 9.59 Å². The number of hydrogen-bond donors (Lipinski definition) is 0. The molecule has 0 unspecified atom stereocenters. The number of benzene rings is 1. The van der Waals surface area contributed by atoms with E-state index in [4.69, 9.17) is 23.8 Å². The molecule has 0 saturated carbocycles. The summed E-state index contributed by atoms with van der Waals surface area (Å²) in [6, 6.07) is 6.56. The highest BCUT2D eigenvalue weighted by atomic mass is 35.5. The van der Waals surface area contributed by atoms with Gasteiger partial charge in [0, 0.05) is 23.7 Å². The first-order chi connectivity index (χ1) is 8.13. The van der Waals surface area contributed by atoms with Gasteiger partial charge >= 0.3 is 0 Å². The van der Waals surface area contributed by atoms with Crippen molar-refractivity contribution in [3.63, 3.8) is 0 Å². The van der Waals surface area contributed by atoms with Crippen molar-refractivity contribution in [1.82, 2.24) is 9.80 Å². The van der Waals surface area contributed by atoms with Gasteiger partial charge in [0.15, 0.2) is 5.11 Å². The maximum absolute atomic E-state index is 12.1. The van der Waals surface area contributed by atoms with E-state index >= 15 is 0 Å². The molecule has 1 heterocycles. The van der Waals surface area contributed by atoms with Crippen LogP contribution in [0.3, 0.4) is 0 Å². The number of hydrogen-bond acceptors (Lipinski definition) is 3. The van der Waals surface area contributed by atoms with Crippen LogP contribution in [-0.2, 0) is 4.79 Å². The van der Waals surface area contributed by atoms with Gasteiger partial charge in [-0.25, -0.2) is 0 Å². The molecule has 0 aromatic heterocycles. The van der Waals surface area contributed by atoms with Gasteiger partial charge in [-0.15, -0.1) is 0 Å². The van der Waals surface area contributed by atoms with Crippen molar-refractivity contribution in [2.24, 2.45) is 0 Å². The van der Waals surface area contributed by atoms with Gasteiger partial charge < -0.3 is 0 Å². The lowest BCUT2D eigenvalue weighted by molar-refractivity contribution is -0.114. The number of rotatable bonds is 2. The summed E-state index contributed by atoms with van der Waals surface area (Å²) in [5.74, 6) is -0.212. The summed E-state index contributed by atoms with van der Waals surface area (Å²) in [7, 11) is 0. The molecule has 0 N–H and O–H groups in total. The Balaban J connectivity index is 2.19. The molecule has 88 valence electrons. The maximum atomic E-state index is 12.1. The average Bonchev–Trinajstić information content (AvgIpc) is 2.70. The van der Waals surface area contributed by atoms with E-state index in [1.807, 2.05) is 0 Å². The Kier molecular flexibility index (Phi) is 3.40. The fraction of sp³-hybridized carbons (Fsp3) is 0.182. The van der Waals surface area contributed by atoms with Gasteiger partial charge in [0.2, 0.25) is 6.41 Å². The molecule has 0 radical (unpaired) electrons. The van der Waals surface area contributed by atoms with E-state index < -0.39 is 0 Å². The fourth-order valence-corrected chi connectivity index (χ4v) is 2.02. The molecule has 1 aliphatic heterocycles. The molecule has 1 aromatic carbocycles. The molecule has 17 heavy (non-hydrogen) atoms. The quantitative estimate of drug-likeness (QED) is 0.603. The Morgan fingerprint density at radius 2 is 1.94 bits per heavy atom. The van der Waals surface area contributed by atoms with Crippen LogP contribution in [0.5, 0.6) is 0 Å². The minimum Gasteiger partial charge on any atom is -0.290 e. The lowest BCUT2D eigenvalue weighted by Gasteiger charge is -2.16. The Morgan fingerprint density at radius 3 is 2.47 bits per heavy atom. The molecule has 6 heteroatoms. The second-order valence-corrected chi connectivity index (χ2v) is 4.35. The summed E-state index contributed by atoms with van der Waals surface area (Å²) in [4.78, 5) is 25.5. The van der Waals surface area contributed by atoms with Crippen molar-refractivity contribution in [3.8, 4) is 0 Å². The van der Waals surface area contributed by atoms with Crippen LogP contribution in [0.1, 0.15) is 10.4 Å². The summed E-state index contributed by atoms with van der Waals surface area (Å²) in [5, 5.41) is 0.819. The first-order valence-electron chi connectivity index (χ1n) is 4.97. The summed E-state index contributed by atoms with van der Waals surface area (Å²) in [6.07, 6.45) is 0.636. The van der Waals surface area contributed by atoms with E-state index in [1.165, 1.54) is 9.80 Å². The SMILES string of the molecule is O=CN1CCN(C(=O)c2ccc(Cl)cc2)C1=S. The standard InChI is InChI=1S/C11H9ClN2O2S/c12-9-3-1-8(2-4-9)10(16)14-6-5-13(7-15)11(14)17/h1-4,7H,5-6H2. The van der Waals surface area contributed by atoms with Crippen molar-refractivity contribution in [2.45, 2.75) is 0 Å². The zero-order valence-electron chi connectivity index (χ0n) is 8.80. The van der Waals surface area contributed by atoms with Crippen LogP contribution in [0.4, 0.5) is 0 Å². The van der Waals surface area contributed by atoms with E-state index in [2.05, 4.69) is 0 Å². The number of amides is 2. The monoisotopic (exact) mass is 268 g/mol. The molecular weight excluding hydrogens is 260 g/mol. The molecule has 2 rings (SSSR count). The molecule has 1 saturated heterocycles. The second kappa shape index (κ2) is 4.81. The Hall–Kier alpha value is -1.46. The maximum Gasteiger partial charge on any atom is 0.260 e. The summed E-state index contributed by atoms with van der Waals surface area (Å²) in [6.45, 7) is 0.876. The highest BCUT2D eigenvalue weighted by molar-refractivity contribution is 7.80. The number of nitrogens with zero attached hydrogens (tertiary/aromatic N) is 2. The molecule has 0 spiro atoms. The first kappa shape index (κ1) is 12.0. The van der Waals surface area contributed by atoms with Crippen molar-refractivity contribution >= 4 is 41.2 Å². The van der Waals surface area contributed by atoms with Crippen molar-refractivity contribution in [1.29, 1.82) is 0 Å². The summed E-state index contributed by atoms with van der Waals surface area (Å²) >= 11 is 10.8. The Morgan fingerprint density at radius 1 is 1.29 bits per heavy atom. The van der Waals surface area contributed by atoms with Gasteiger partial charge in [-0.05, 0) is 36.5 Å². The van der Waals surface area contributed by atoms with E-state index in [1.54, 1.807) is 24.3 Å². The molecule has 2 amide bonds. The van der Waals surface area contributed by atoms with Crippen LogP contribution in [0.25, 0.3) is 0 Å². The summed E-state index contributed by atoms with van der Waals surface area (Å²) < 4.78 is 0. The van der Waals surface area contributed by atoms with Crippen molar-refractivity contribution < 1.29 is 9.59 Å². The van der Waals surface area contributed by atoms with Gasteiger partial charge in [0.1, 0.15) is 0 Å². The highest BCUT2D eigenvalue weighted by Crippen LogP contribution is 2.15. The first-order valence-corrected chi connectivity index (χ1v) is 5.75. The van der Waals surface area contributed by atoms with Gasteiger partial charge in [-0.3, -0.25) is 19.4 Å². The molecule has 0 atom stereocenters. The smallest absolute Gasteiger partial charge is 0.260 e. The van der Waals surface area contributed by atoms with Crippen molar-refractivity contribution in [3.05, 3.63) is 34.9 Å². The minimum absolute atomic E-state index is 0.212. The zero-order valence-corrected chi connectivity index (χ0v) is 10.4. The normalized spacial score (nSPS) is 15.2. The van der Waals surface area contributed by atoms with Crippen LogP contribution in [-0.4, -0.2) is 40.3 Å². The highest BCUT2D eigenvalue weighted by Gasteiger charge is 2.29. The van der Waals surface area contributed by atoms with Crippen LogP contribution in [0.15, 0.2) is 24.3 Å². The van der Waals surface area contributed by atoms with E-state index in [0.29, 0.717) is 30.1 Å². The Labute approximate surface area is 109 Å².